The van der Waals surface area contributed by atoms with Gasteiger partial charge in [-0.3, -0.25) is 0 Å². The largest absolute Gasteiger partial charge is 0.386 e. The molecule has 1 unspecified atom stereocenters. The average Bonchev–Trinajstić information content (AvgIpc) is 3.40. The first-order valence-electron chi connectivity index (χ1n) is 10.7. The molecule has 0 radical (unpaired) electrons. The van der Waals surface area contributed by atoms with E-state index in [1.165, 1.54) is 22.5 Å². The summed E-state index contributed by atoms with van der Waals surface area (Å²) in [6.07, 6.45) is 0.460. The molecular formula is C25H28N4OS2. The third kappa shape index (κ3) is 5.81. The van der Waals surface area contributed by atoms with Crippen LogP contribution in [0.5, 0.6) is 0 Å². The third-order valence-corrected chi connectivity index (χ3v) is 7.30. The van der Waals surface area contributed by atoms with Gasteiger partial charge in [0.15, 0.2) is 5.13 Å². The van der Waals surface area contributed by atoms with E-state index < -0.39 is 6.10 Å². The molecule has 2 N–H and O–H groups in total. The molecule has 2 heterocycles. The summed E-state index contributed by atoms with van der Waals surface area (Å²) in [6, 6.07) is 19.1. The van der Waals surface area contributed by atoms with Crippen LogP contribution in [0.25, 0.3) is 10.6 Å². The Balaban J connectivity index is 1.32. The highest BCUT2D eigenvalue weighted by Gasteiger charge is 2.15. The number of aromatic nitrogens is 2. The van der Waals surface area contributed by atoms with Gasteiger partial charge in [0.2, 0.25) is 0 Å². The number of aliphatic hydroxyl groups excluding tert-OH is 1. The maximum atomic E-state index is 9.78. The standard InChI is InChI=1S/C25H28N4OS2/c1-17-23(32-24(26-17)18(2)30)22-16-31-25(28-22)27-21-11-9-19(10-12-21)13-14-29(3)15-20-7-5-4-6-8-20/h4-12,16,18,30H,13-15H2,1-3H3,(H,27,28). The quantitative estimate of drug-likeness (QED) is 0.316. The molecule has 0 amide bonds. The minimum Gasteiger partial charge on any atom is -0.386 e. The minimum absolute atomic E-state index is 0.555. The SMILES string of the molecule is Cc1nc(C(C)O)sc1-c1csc(Nc2ccc(CCN(C)Cc3ccccc3)cc2)n1. The zero-order valence-corrected chi connectivity index (χ0v) is 20.2. The van der Waals surface area contributed by atoms with Gasteiger partial charge >= 0.3 is 0 Å². The lowest BCUT2D eigenvalue weighted by Crippen LogP contribution is -2.20. The summed E-state index contributed by atoms with van der Waals surface area (Å²) < 4.78 is 0. The van der Waals surface area contributed by atoms with Crippen LogP contribution in [0, 0.1) is 6.92 Å². The molecule has 0 saturated heterocycles. The summed E-state index contributed by atoms with van der Waals surface area (Å²) in [5.41, 5.74) is 5.49. The van der Waals surface area contributed by atoms with Gasteiger partial charge in [0.1, 0.15) is 11.1 Å². The zero-order chi connectivity index (χ0) is 22.5. The Bertz CT molecular complexity index is 1140. The number of likely N-dealkylation sites (N-methyl/N-ethyl adjacent to an activating group) is 1. The topological polar surface area (TPSA) is 61.3 Å². The lowest BCUT2D eigenvalue weighted by Gasteiger charge is -2.16. The van der Waals surface area contributed by atoms with Gasteiger partial charge in [0, 0.05) is 24.2 Å². The summed E-state index contributed by atoms with van der Waals surface area (Å²) >= 11 is 3.07. The van der Waals surface area contributed by atoms with E-state index in [4.69, 9.17) is 4.98 Å². The number of thiazole rings is 2. The van der Waals surface area contributed by atoms with E-state index in [1.807, 2.05) is 12.3 Å². The van der Waals surface area contributed by atoms with Crippen LogP contribution >= 0.6 is 22.7 Å². The van der Waals surface area contributed by atoms with Gasteiger partial charge in [-0.05, 0) is 50.6 Å². The Morgan fingerprint density at radius 1 is 1.03 bits per heavy atom. The van der Waals surface area contributed by atoms with Crippen molar-refractivity contribution >= 4 is 33.5 Å². The maximum absolute atomic E-state index is 9.78. The molecule has 0 aliphatic carbocycles. The molecule has 166 valence electrons. The molecule has 2 aromatic carbocycles. The van der Waals surface area contributed by atoms with Gasteiger partial charge in [-0.1, -0.05) is 42.5 Å². The molecule has 0 saturated carbocycles. The van der Waals surface area contributed by atoms with Crippen LogP contribution in [-0.2, 0) is 13.0 Å². The third-order valence-electron chi connectivity index (χ3n) is 5.19. The molecular weight excluding hydrogens is 436 g/mol. The lowest BCUT2D eigenvalue weighted by atomic mass is 10.1. The summed E-state index contributed by atoms with van der Waals surface area (Å²) in [4.78, 5) is 12.5. The van der Waals surface area contributed by atoms with E-state index in [1.54, 1.807) is 18.3 Å². The molecule has 7 heteroatoms. The van der Waals surface area contributed by atoms with Crippen molar-refractivity contribution in [3.05, 3.63) is 81.8 Å². The summed E-state index contributed by atoms with van der Waals surface area (Å²) in [5, 5.41) is 16.8. The minimum atomic E-state index is -0.555. The van der Waals surface area contributed by atoms with E-state index >= 15 is 0 Å². The van der Waals surface area contributed by atoms with Crippen molar-refractivity contribution in [2.45, 2.75) is 32.9 Å². The molecule has 0 aliphatic heterocycles. The molecule has 4 rings (SSSR count). The number of nitrogens with one attached hydrogen (secondary N) is 1. The number of nitrogens with zero attached hydrogens (tertiary/aromatic N) is 3. The number of hydrogen-bond donors (Lipinski definition) is 2. The van der Waals surface area contributed by atoms with Crippen LogP contribution in [0.1, 0.15) is 34.9 Å². The molecule has 0 fully saturated rings. The molecule has 32 heavy (non-hydrogen) atoms. The Hall–Kier alpha value is -2.58. The highest BCUT2D eigenvalue weighted by atomic mass is 32.1. The first kappa shape index (κ1) is 22.6. The molecule has 0 bridgehead atoms. The fourth-order valence-electron chi connectivity index (χ4n) is 3.44. The monoisotopic (exact) mass is 464 g/mol. The Morgan fingerprint density at radius 3 is 2.47 bits per heavy atom. The Labute approximate surface area is 197 Å². The second-order valence-corrected chi connectivity index (χ2v) is 9.86. The molecule has 0 aliphatic rings. The van der Waals surface area contributed by atoms with Crippen molar-refractivity contribution in [3.63, 3.8) is 0 Å². The number of rotatable bonds is 9. The number of benzene rings is 2. The first-order valence-corrected chi connectivity index (χ1v) is 12.4. The molecule has 2 aromatic heterocycles. The predicted octanol–water partition coefficient (Wildman–Crippen LogP) is 6.05. The molecule has 1 atom stereocenters. The Kier molecular flexibility index (Phi) is 7.32. The smallest absolute Gasteiger partial charge is 0.187 e. The fourth-order valence-corrected chi connectivity index (χ4v) is 5.20. The number of hydrogen-bond acceptors (Lipinski definition) is 7. The average molecular weight is 465 g/mol. The van der Waals surface area contributed by atoms with Crippen LogP contribution in [0.4, 0.5) is 10.8 Å². The second kappa shape index (κ2) is 10.4. The number of anilines is 2. The van der Waals surface area contributed by atoms with Crippen molar-refractivity contribution in [3.8, 4) is 10.6 Å². The van der Waals surface area contributed by atoms with E-state index in [2.05, 4.69) is 76.8 Å². The lowest BCUT2D eigenvalue weighted by molar-refractivity contribution is 0.198. The van der Waals surface area contributed by atoms with Gasteiger partial charge in [0.25, 0.3) is 0 Å². The zero-order valence-electron chi connectivity index (χ0n) is 18.6. The summed E-state index contributed by atoms with van der Waals surface area (Å²) in [6.45, 7) is 5.67. The van der Waals surface area contributed by atoms with Gasteiger partial charge in [-0.25, -0.2) is 9.97 Å². The van der Waals surface area contributed by atoms with E-state index in [-0.39, 0.29) is 0 Å². The van der Waals surface area contributed by atoms with Gasteiger partial charge in [-0.15, -0.1) is 22.7 Å². The highest BCUT2D eigenvalue weighted by molar-refractivity contribution is 7.17. The van der Waals surface area contributed by atoms with Crippen molar-refractivity contribution in [2.75, 3.05) is 18.9 Å². The normalized spacial score (nSPS) is 12.3. The van der Waals surface area contributed by atoms with E-state index in [9.17, 15) is 5.11 Å². The van der Waals surface area contributed by atoms with Crippen LogP contribution < -0.4 is 5.32 Å². The highest BCUT2D eigenvalue weighted by Crippen LogP contribution is 2.35. The molecule has 4 aromatic rings. The van der Waals surface area contributed by atoms with Crippen LogP contribution in [0.3, 0.4) is 0 Å². The van der Waals surface area contributed by atoms with Crippen LogP contribution in [0.2, 0.25) is 0 Å². The predicted molar refractivity (Wildman–Crippen MR) is 135 cm³/mol. The first-order chi connectivity index (χ1) is 15.5. The summed E-state index contributed by atoms with van der Waals surface area (Å²) in [7, 11) is 2.16. The molecule has 5 nitrogen and oxygen atoms in total. The van der Waals surface area contributed by atoms with Crippen molar-refractivity contribution in [1.29, 1.82) is 0 Å². The van der Waals surface area contributed by atoms with Gasteiger partial charge < -0.3 is 15.3 Å². The number of aliphatic hydroxyl groups is 1. The van der Waals surface area contributed by atoms with Crippen molar-refractivity contribution in [1.82, 2.24) is 14.9 Å². The Morgan fingerprint density at radius 2 is 1.78 bits per heavy atom. The van der Waals surface area contributed by atoms with E-state index in [0.29, 0.717) is 0 Å². The van der Waals surface area contributed by atoms with Crippen LogP contribution in [-0.4, -0.2) is 33.6 Å². The van der Waals surface area contributed by atoms with Gasteiger partial charge in [-0.2, -0.15) is 0 Å². The molecule has 0 spiro atoms. The van der Waals surface area contributed by atoms with Crippen molar-refractivity contribution in [2.24, 2.45) is 0 Å². The van der Waals surface area contributed by atoms with Crippen LogP contribution in [0.15, 0.2) is 60.0 Å². The summed E-state index contributed by atoms with van der Waals surface area (Å²) in [5.74, 6) is 0. The fraction of sp³-hybridized carbons (Fsp3) is 0.280. The maximum Gasteiger partial charge on any atom is 0.187 e. The second-order valence-electron chi connectivity index (χ2n) is 7.98. The van der Waals surface area contributed by atoms with Gasteiger partial charge in [0.05, 0.1) is 16.3 Å². The number of aryl methyl sites for hydroxylation is 1. The van der Waals surface area contributed by atoms with E-state index in [0.717, 1.165) is 51.6 Å². The van der Waals surface area contributed by atoms with Crippen molar-refractivity contribution < 1.29 is 5.11 Å².